The summed E-state index contributed by atoms with van der Waals surface area (Å²) < 4.78 is 0. The number of rotatable bonds is 4. The molecule has 0 spiro atoms. The van der Waals surface area contributed by atoms with Gasteiger partial charge in [-0.05, 0) is 27.0 Å². The molecule has 0 aliphatic heterocycles. The summed E-state index contributed by atoms with van der Waals surface area (Å²) in [6, 6.07) is 1.80. The Kier molecular flexibility index (Phi) is 4.34. The molecule has 0 unspecified atom stereocenters. The quantitative estimate of drug-likeness (QED) is 0.654. The smallest absolute Gasteiger partial charge is 0.323 e. The molecule has 0 saturated carbocycles. The van der Waals surface area contributed by atoms with Crippen LogP contribution in [-0.4, -0.2) is 39.4 Å². The van der Waals surface area contributed by atoms with Crippen LogP contribution in [0.5, 0.6) is 0 Å². The van der Waals surface area contributed by atoms with Crippen LogP contribution in [0.2, 0.25) is 0 Å². The van der Waals surface area contributed by atoms with Crippen molar-refractivity contribution in [3.05, 3.63) is 12.4 Å². The van der Waals surface area contributed by atoms with Gasteiger partial charge in [-0.1, -0.05) is 0 Å². The molecule has 0 fully saturated rings. The van der Waals surface area contributed by atoms with E-state index < -0.39 is 5.97 Å². The second-order valence-corrected chi connectivity index (χ2v) is 5.40. The molecule has 0 bridgehead atoms. The second kappa shape index (κ2) is 5.35. The van der Waals surface area contributed by atoms with Crippen LogP contribution in [0.15, 0.2) is 17.4 Å². The summed E-state index contributed by atoms with van der Waals surface area (Å²) in [6.45, 7) is 5.79. The summed E-state index contributed by atoms with van der Waals surface area (Å²) in [5.41, 5.74) is -0.303. The van der Waals surface area contributed by atoms with Gasteiger partial charge in [0.2, 0.25) is 0 Å². The first kappa shape index (κ1) is 13.8. The maximum Gasteiger partial charge on any atom is 0.323 e. The zero-order valence-corrected chi connectivity index (χ0v) is 11.3. The highest BCUT2D eigenvalue weighted by Crippen LogP contribution is 2.23. The summed E-state index contributed by atoms with van der Waals surface area (Å²) in [5.74, 6) is -0.233. The van der Waals surface area contributed by atoms with Crippen LogP contribution in [0.1, 0.15) is 20.8 Å². The Hall–Kier alpha value is -1.30. The second-order valence-electron chi connectivity index (χ2n) is 4.57. The fourth-order valence-electron chi connectivity index (χ4n) is 1.39. The molecular formula is C11H17N3O2S. The van der Waals surface area contributed by atoms with Crippen molar-refractivity contribution in [1.29, 1.82) is 0 Å². The molecule has 0 amide bonds. The molecule has 5 nitrogen and oxygen atoms in total. The topological polar surface area (TPSA) is 66.3 Å². The Morgan fingerprint density at radius 2 is 2.12 bits per heavy atom. The molecule has 0 aliphatic carbocycles. The van der Waals surface area contributed by atoms with Crippen molar-refractivity contribution in [1.82, 2.24) is 9.97 Å². The van der Waals surface area contributed by atoms with Gasteiger partial charge in [-0.3, -0.25) is 4.79 Å². The van der Waals surface area contributed by atoms with E-state index >= 15 is 0 Å². The van der Waals surface area contributed by atoms with Crippen molar-refractivity contribution < 1.29 is 9.90 Å². The number of aromatic nitrogens is 2. The minimum atomic E-state index is -0.871. The molecule has 0 radical (unpaired) electrons. The predicted octanol–water partition coefficient (Wildman–Crippen LogP) is 1.89. The lowest BCUT2D eigenvalue weighted by Crippen LogP contribution is -2.45. The zero-order valence-electron chi connectivity index (χ0n) is 10.5. The first-order valence-electron chi connectivity index (χ1n) is 5.20. The fourth-order valence-corrected chi connectivity index (χ4v) is 1.76. The number of nitrogens with zero attached hydrogens (tertiary/aromatic N) is 3. The van der Waals surface area contributed by atoms with Crippen LogP contribution >= 0.6 is 11.8 Å². The van der Waals surface area contributed by atoms with Crippen LogP contribution < -0.4 is 4.90 Å². The molecule has 0 saturated heterocycles. The van der Waals surface area contributed by atoms with E-state index in [2.05, 4.69) is 9.97 Å². The van der Waals surface area contributed by atoms with Crippen molar-refractivity contribution in [2.24, 2.45) is 0 Å². The molecule has 1 rings (SSSR count). The standard InChI is InChI=1S/C11H17N3O2S/c1-11(2,3)14(6-10(15)16)8-5-9(17-4)13-7-12-8/h5,7H,6H2,1-4H3,(H,15,16). The predicted molar refractivity (Wildman–Crippen MR) is 68.5 cm³/mol. The van der Waals surface area contributed by atoms with E-state index in [9.17, 15) is 4.79 Å². The largest absolute Gasteiger partial charge is 0.480 e. The van der Waals surface area contributed by atoms with Crippen molar-refractivity contribution in [2.75, 3.05) is 17.7 Å². The lowest BCUT2D eigenvalue weighted by atomic mass is 10.1. The van der Waals surface area contributed by atoms with Crippen LogP contribution in [0.4, 0.5) is 5.82 Å². The SMILES string of the molecule is CSc1cc(N(CC(=O)O)C(C)(C)C)ncn1. The molecule has 0 aliphatic rings. The van der Waals surface area contributed by atoms with Gasteiger partial charge in [0.05, 0.1) is 0 Å². The third kappa shape index (κ3) is 3.89. The highest BCUT2D eigenvalue weighted by Gasteiger charge is 2.25. The van der Waals surface area contributed by atoms with Crippen molar-refractivity contribution in [2.45, 2.75) is 31.3 Å². The van der Waals surface area contributed by atoms with Crippen LogP contribution in [0.25, 0.3) is 0 Å². The molecule has 1 aromatic heterocycles. The first-order chi connectivity index (χ1) is 7.84. The summed E-state index contributed by atoms with van der Waals surface area (Å²) in [5, 5.41) is 9.77. The minimum absolute atomic E-state index is 0.0751. The summed E-state index contributed by atoms with van der Waals surface area (Å²) in [7, 11) is 0. The van der Waals surface area contributed by atoms with Gasteiger partial charge in [0, 0.05) is 11.6 Å². The van der Waals surface area contributed by atoms with Gasteiger partial charge in [0.25, 0.3) is 0 Å². The van der Waals surface area contributed by atoms with Gasteiger partial charge in [-0.25, -0.2) is 9.97 Å². The van der Waals surface area contributed by atoms with Gasteiger partial charge in [0.1, 0.15) is 23.7 Å². The van der Waals surface area contributed by atoms with E-state index in [0.717, 1.165) is 5.03 Å². The van der Waals surface area contributed by atoms with Gasteiger partial charge in [-0.15, -0.1) is 11.8 Å². The Morgan fingerprint density at radius 1 is 1.47 bits per heavy atom. The number of carboxylic acid groups (broad SMARTS) is 1. The third-order valence-electron chi connectivity index (χ3n) is 2.22. The van der Waals surface area contributed by atoms with E-state index in [-0.39, 0.29) is 12.1 Å². The Labute approximate surface area is 105 Å². The van der Waals surface area contributed by atoms with E-state index in [0.29, 0.717) is 5.82 Å². The number of hydrogen-bond acceptors (Lipinski definition) is 5. The number of carboxylic acids is 1. The van der Waals surface area contributed by atoms with Gasteiger partial charge < -0.3 is 10.0 Å². The number of aliphatic carboxylic acids is 1. The average Bonchev–Trinajstić information content (AvgIpc) is 2.24. The number of anilines is 1. The molecule has 1 N–H and O–H groups in total. The maximum atomic E-state index is 10.9. The van der Waals surface area contributed by atoms with Crippen LogP contribution in [0, 0.1) is 0 Å². The summed E-state index contributed by atoms with van der Waals surface area (Å²) in [6.07, 6.45) is 3.38. The molecule has 0 aromatic carbocycles. The Morgan fingerprint density at radius 3 is 2.59 bits per heavy atom. The molecule has 94 valence electrons. The fraction of sp³-hybridized carbons (Fsp3) is 0.545. The molecule has 0 atom stereocenters. The number of hydrogen-bond donors (Lipinski definition) is 1. The van der Waals surface area contributed by atoms with E-state index in [1.807, 2.05) is 27.0 Å². The highest BCUT2D eigenvalue weighted by atomic mass is 32.2. The average molecular weight is 255 g/mol. The van der Waals surface area contributed by atoms with Gasteiger partial charge >= 0.3 is 5.97 Å². The van der Waals surface area contributed by atoms with Crippen molar-refractivity contribution >= 4 is 23.5 Å². The molecule has 1 aromatic rings. The maximum absolute atomic E-state index is 10.9. The van der Waals surface area contributed by atoms with Crippen molar-refractivity contribution in [3.8, 4) is 0 Å². The van der Waals surface area contributed by atoms with E-state index in [4.69, 9.17) is 5.11 Å². The molecule has 17 heavy (non-hydrogen) atoms. The van der Waals surface area contributed by atoms with E-state index in [1.165, 1.54) is 18.1 Å². The number of carbonyl (C=O) groups is 1. The first-order valence-corrected chi connectivity index (χ1v) is 6.42. The van der Waals surface area contributed by atoms with Crippen LogP contribution in [0.3, 0.4) is 0 Å². The molecular weight excluding hydrogens is 238 g/mol. The van der Waals surface area contributed by atoms with Gasteiger partial charge in [0.15, 0.2) is 0 Å². The monoisotopic (exact) mass is 255 g/mol. The van der Waals surface area contributed by atoms with Gasteiger partial charge in [-0.2, -0.15) is 0 Å². The zero-order chi connectivity index (χ0) is 13.1. The lowest BCUT2D eigenvalue weighted by Gasteiger charge is -2.35. The van der Waals surface area contributed by atoms with Crippen LogP contribution in [-0.2, 0) is 4.79 Å². The Bertz CT molecular complexity index is 404. The highest BCUT2D eigenvalue weighted by molar-refractivity contribution is 7.98. The van der Waals surface area contributed by atoms with Crippen molar-refractivity contribution in [3.63, 3.8) is 0 Å². The summed E-state index contributed by atoms with van der Waals surface area (Å²) >= 11 is 1.50. The molecule has 1 heterocycles. The summed E-state index contributed by atoms with van der Waals surface area (Å²) in [4.78, 5) is 20.9. The normalized spacial score (nSPS) is 11.3. The van der Waals surface area contributed by atoms with E-state index in [1.54, 1.807) is 11.0 Å². The third-order valence-corrected chi connectivity index (χ3v) is 2.86. The lowest BCUT2D eigenvalue weighted by molar-refractivity contribution is -0.135. The molecule has 6 heteroatoms. The number of thioether (sulfide) groups is 1. The Balaban J connectivity index is 3.08. The minimum Gasteiger partial charge on any atom is -0.480 e.